The van der Waals surface area contributed by atoms with Crippen LogP contribution in [0.25, 0.3) is 0 Å². The van der Waals surface area contributed by atoms with Crippen LogP contribution in [0, 0.1) is 5.92 Å². The summed E-state index contributed by atoms with van der Waals surface area (Å²) in [5.74, 6) is 0.356. The first kappa shape index (κ1) is 11.2. The van der Waals surface area contributed by atoms with E-state index in [2.05, 4.69) is 25.2 Å². The zero-order chi connectivity index (χ0) is 9.56. The molecule has 0 saturated carbocycles. The summed E-state index contributed by atoms with van der Waals surface area (Å²) in [7, 11) is 1.41. The Balaban J connectivity index is 3.64. The Morgan fingerprint density at radius 3 is 2.50 bits per heavy atom. The summed E-state index contributed by atoms with van der Waals surface area (Å²) in [5.41, 5.74) is 1.14. The van der Waals surface area contributed by atoms with Gasteiger partial charge in [-0.3, -0.25) is 4.79 Å². The van der Waals surface area contributed by atoms with E-state index in [4.69, 9.17) is 0 Å². The van der Waals surface area contributed by atoms with E-state index >= 15 is 0 Å². The standard InChI is InChI=1S/C10H18O2/c1-5-8(2)9(3)6-7-10(11)12-4/h8H,3,5-7H2,1-2,4H3. The quantitative estimate of drug-likeness (QED) is 0.468. The van der Waals surface area contributed by atoms with Crippen molar-refractivity contribution in [2.75, 3.05) is 7.11 Å². The van der Waals surface area contributed by atoms with E-state index in [9.17, 15) is 4.79 Å². The number of allylic oxidation sites excluding steroid dienone is 1. The fraction of sp³-hybridized carbons (Fsp3) is 0.700. The smallest absolute Gasteiger partial charge is 0.305 e. The second-order valence-electron chi connectivity index (χ2n) is 3.04. The van der Waals surface area contributed by atoms with Gasteiger partial charge in [-0.2, -0.15) is 0 Å². The van der Waals surface area contributed by atoms with Gasteiger partial charge in [-0.25, -0.2) is 0 Å². The number of methoxy groups -OCH3 is 1. The maximum atomic E-state index is 10.8. The van der Waals surface area contributed by atoms with Crippen molar-refractivity contribution >= 4 is 5.97 Å². The lowest BCUT2D eigenvalue weighted by atomic mass is 9.96. The van der Waals surface area contributed by atoms with Crippen LogP contribution in [-0.2, 0) is 9.53 Å². The van der Waals surface area contributed by atoms with Crippen molar-refractivity contribution in [2.45, 2.75) is 33.1 Å². The zero-order valence-corrected chi connectivity index (χ0v) is 8.22. The van der Waals surface area contributed by atoms with Gasteiger partial charge in [-0.15, -0.1) is 0 Å². The first-order valence-electron chi connectivity index (χ1n) is 4.36. The van der Waals surface area contributed by atoms with E-state index in [0.717, 1.165) is 18.4 Å². The van der Waals surface area contributed by atoms with Crippen molar-refractivity contribution in [3.63, 3.8) is 0 Å². The highest BCUT2D eigenvalue weighted by Gasteiger charge is 2.06. The summed E-state index contributed by atoms with van der Waals surface area (Å²) in [6.07, 6.45) is 2.29. The topological polar surface area (TPSA) is 26.3 Å². The molecule has 0 radical (unpaired) electrons. The van der Waals surface area contributed by atoms with E-state index in [1.54, 1.807) is 0 Å². The molecule has 0 aromatic carbocycles. The molecular weight excluding hydrogens is 152 g/mol. The maximum absolute atomic E-state index is 10.8. The van der Waals surface area contributed by atoms with Crippen LogP contribution in [0.1, 0.15) is 33.1 Å². The molecule has 0 spiro atoms. The molecule has 0 heterocycles. The molecule has 0 aromatic heterocycles. The third-order valence-electron chi connectivity index (χ3n) is 2.19. The van der Waals surface area contributed by atoms with Crippen LogP contribution < -0.4 is 0 Å². The van der Waals surface area contributed by atoms with Gasteiger partial charge in [0.05, 0.1) is 7.11 Å². The Labute approximate surface area is 74.6 Å². The average Bonchev–Trinajstić information content (AvgIpc) is 2.11. The summed E-state index contributed by atoms with van der Waals surface area (Å²) in [4.78, 5) is 10.8. The lowest BCUT2D eigenvalue weighted by Crippen LogP contribution is -2.03. The summed E-state index contributed by atoms with van der Waals surface area (Å²) in [5, 5.41) is 0. The summed E-state index contributed by atoms with van der Waals surface area (Å²) in [6.45, 7) is 8.17. The SMILES string of the molecule is C=C(CCC(=O)OC)C(C)CC. The second-order valence-corrected chi connectivity index (χ2v) is 3.04. The molecular formula is C10H18O2. The van der Waals surface area contributed by atoms with E-state index in [0.29, 0.717) is 12.3 Å². The lowest BCUT2D eigenvalue weighted by molar-refractivity contribution is -0.140. The number of hydrogen-bond donors (Lipinski definition) is 0. The van der Waals surface area contributed by atoms with Gasteiger partial charge >= 0.3 is 5.97 Å². The van der Waals surface area contributed by atoms with E-state index in [1.807, 2.05) is 0 Å². The van der Waals surface area contributed by atoms with Gasteiger partial charge in [0.2, 0.25) is 0 Å². The van der Waals surface area contributed by atoms with Crippen molar-refractivity contribution in [1.82, 2.24) is 0 Å². The highest BCUT2D eigenvalue weighted by molar-refractivity contribution is 5.69. The Hall–Kier alpha value is -0.790. The minimum absolute atomic E-state index is 0.153. The second kappa shape index (κ2) is 5.81. The van der Waals surface area contributed by atoms with Crippen molar-refractivity contribution in [3.05, 3.63) is 12.2 Å². The lowest BCUT2D eigenvalue weighted by Gasteiger charge is -2.10. The van der Waals surface area contributed by atoms with Crippen molar-refractivity contribution in [2.24, 2.45) is 5.92 Å². The molecule has 1 atom stereocenters. The van der Waals surface area contributed by atoms with Crippen LogP contribution in [0.15, 0.2) is 12.2 Å². The van der Waals surface area contributed by atoms with Gasteiger partial charge in [-0.1, -0.05) is 26.0 Å². The molecule has 12 heavy (non-hydrogen) atoms. The normalized spacial score (nSPS) is 12.2. The molecule has 0 amide bonds. The molecule has 0 aliphatic rings. The molecule has 1 unspecified atom stereocenters. The zero-order valence-electron chi connectivity index (χ0n) is 8.22. The van der Waals surface area contributed by atoms with Gasteiger partial charge in [0, 0.05) is 6.42 Å². The summed E-state index contributed by atoms with van der Waals surface area (Å²) >= 11 is 0. The first-order chi connectivity index (χ1) is 5.61. The van der Waals surface area contributed by atoms with Crippen LogP contribution in [0.2, 0.25) is 0 Å². The number of hydrogen-bond acceptors (Lipinski definition) is 2. The molecule has 0 aromatic rings. The molecule has 0 aliphatic heterocycles. The number of carbonyl (C=O) groups is 1. The monoisotopic (exact) mass is 170 g/mol. The Bertz CT molecular complexity index is 161. The van der Waals surface area contributed by atoms with Gasteiger partial charge in [0.1, 0.15) is 0 Å². The largest absolute Gasteiger partial charge is 0.469 e. The molecule has 0 bridgehead atoms. The van der Waals surface area contributed by atoms with Crippen LogP contribution in [0.5, 0.6) is 0 Å². The molecule has 0 rings (SSSR count). The Kier molecular flexibility index (Phi) is 5.43. The van der Waals surface area contributed by atoms with E-state index < -0.39 is 0 Å². The van der Waals surface area contributed by atoms with Gasteiger partial charge < -0.3 is 4.74 Å². The highest BCUT2D eigenvalue weighted by Crippen LogP contribution is 2.17. The highest BCUT2D eigenvalue weighted by atomic mass is 16.5. The molecule has 0 saturated heterocycles. The minimum atomic E-state index is -0.153. The first-order valence-corrected chi connectivity index (χ1v) is 4.36. The third kappa shape index (κ3) is 4.16. The molecule has 0 aliphatic carbocycles. The molecule has 0 fully saturated rings. The molecule has 2 nitrogen and oxygen atoms in total. The number of esters is 1. The number of rotatable bonds is 5. The molecule has 2 heteroatoms. The van der Waals surface area contributed by atoms with Crippen molar-refractivity contribution < 1.29 is 9.53 Å². The summed E-state index contributed by atoms with van der Waals surface area (Å²) in [6, 6.07) is 0. The Morgan fingerprint density at radius 1 is 1.50 bits per heavy atom. The van der Waals surface area contributed by atoms with Gasteiger partial charge in [0.25, 0.3) is 0 Å². The minimum Gasteiger partial charge on any atom is -0.469 e. The van der Waals surface area contributed by atoms with Crippen molar-refractivity contribution in [3.8, 4) is 0 Å². The van der Waals surface area contributed by atoms with Crippen LogP contribution in [0.3, 0.4) is 0 Å². The third-order valence-corrected chi connectivity index (χ3v) is 2.19. The van der Waals surface area contributed by atoms with Crippen LogP contribution in [0.4, 0.5) is 0 Å². The predicted molar refractivity (Wildman–Crippen MR) is 49.8 cm³/mol. The van der Waals surface area contributed by atoms with Gasteiger partial charge in [-0.05, 0) is 18.8 Å². The average molecular weight is 170 g/mol. The Morgan fingerprint density at radius 2 is 2.08 bits per heavy atom. The fourth-order valence-electron chi connectivity index (χ4n) is 0.900. The number of ether oxygens (including phenoxy) is 1. The van der Waals surface area contributed by atoms with Crippen LogP contribution in [-0.4, -0.2) is 13.1 Å². The predicted octanol–water partition coefficient (Wildman–Crippen LogP) is 2.54. The fourth-order valence-corrected chi connectivity index (χ4v) is 0.900. The van der Waals surface area contributed by atoms with E-state index in [1.165, 1.54) is 7.11 Å². The van der Waals surface area contributed by atoms with Crippen molar-refractivity contribution in [1.29, 1.82) is 0 Å². The maximum Gasteiger partial charge on any atom is 0.305 e. The molecule has 70 valence electrons. The van der Waals surface area contributed by atoms with Crippen LogP contribution >= 0.6 is 0 Å². The molecule has 0 N–H and O–H groups in total. The van der Waals surface area contributed by atoms with E-state index in [-0.39, 0.29) is 5.97 Å². The van der Waals surface area contributed by atoms with Gasteiger partial charge in [0.15, 0.2) is 0 Å². The summed E-state index contributed by atoms with van der Waals surface area (Å²) < 4.78 is 4.53. The number of carbonyl (C=O) groups excluding carboxylic acids is 1.